The van der Waals surface area contributed by atoms with Gasteiger partial charge in [0.25, 0.3) is 5.91 Å². The summed E-state index contributed by atoms with van der Waals surface area (Å²) in [7, 11) is 4.85. The molecule has 0 radical (unpaired) electrons. The Morgan fingerprint density at radius 1 is 0.875 bits per heavy atom. The monoisotopic (exact) mass is 441 g/mol. The number of carbonyl (C=O) groups is 1. The third-order valence-electron chi connectivity index (χ3n) is 5.32. The van der Waals surface area contributed by atoms with E-state index in [-0.39, 0.29) is 5.91 Å². The Hall–Kier alpha value is -3.35. The zero-order valence-corrected chi connectivity index (χ0v) is 19.4. The third-order valence-corrected chi connectivity index (χ3v) is 5.32. The zero-order chi connectivity index (χ0) is 23.1. The second kappa shape index (κ2) is 10.8. The van der Waals surface area contributed by atoms with Gasteiger partial charge in [0.05, 0.1) is 40.1 Å². The first-order valence-corrected chi connectivity index (χ1v) is 10.7. The van der Waals surface area contributed by atoms with Crippen molar-refractivity contribution in [3.63, 3.8) is 0 Å². The normalized spacial score (nSPS) is 13.3. The minimum absolute atomic E-state index is 0.0436. The van der Waals surface area contributed by atoms with Gasteiger partial charge in [-0.3, -0.25) is 4.79 Å². The molecule has 0 fully saturated rings. The fourth-order valence-corrected chi connectivity index (χ4v) is 3.77. The molecule has 2 aromatic rings. The Morgan fingerprint density at radius 2 is 1.53 bits per heavy atom. The minimum atomic E-state index is -0.0436. The Morgan fingerprint density at radius 3 is 2.06 bits per heavy atom. The van der Waals surface area contributed by atoms with Gasteiger partial charge in [-0.1, -0.05) is 6.08 Å². The molecule has 0 saturated carbocycles. The summed E-state index contributed by atoms with van der Waals surface area (Å²) in [6.07, 6.45) is 2.73. The van der Waals surface area contributed by atoms with Gasteiger partial charge in [0.15, 0.2) is 11.5 Å². The van der Waals surface area contributed by atoms with Gasteiger partial charge in [-0.25, -0.2) is 0 Å². The van der Waals surface area contributed by atoms with E-state index in [4.69, 9.17) is 23.7 Å². The van der Waals surface area contributed by atoms with Gasteiger partial charge in [0, 0.05) is 30.8 Å². The molecule has 0 aromatic heterocycles. The van der Waals surface area contributed by atoms with Crippen LogP contribution in [0.4, 0.5) is 0 Å². The molecule has 0 aliphatic carbocycles. The highest BCUT2D eigenvalue weighted by atomic mass is 16.5. The molecule has 172 valence electrons. The Kier molecular flexibility index (Phi) is 7.87. The van der Waals surface area contributed by atoms with Crippen molar-refractivity contribution in [3.05, 3.63) is 47.5 Å². The number of rotatable bonds is 9. The predicted octanol–water partition coefficient (Wildman–Crippen LogP) is 4.44. The van der Waals surface area contributed by atoms with E-state index in [9.17, 15) is 4.79 Å². The number of amides is 1. The van der Waals surface area contributed by atoms with Crippen molar-refractivity contribution < 1.29 is 28.5 Å². The molecule has 1 aliphatic heterocycles. The molecule has 7 nitrogen and oxygen atoms in total. The van der Waals surface area contributed by atoms with E-state index in [1.165, 1.54) is 0 Å². The number of carbonyl (C=O) groups excluding carboxylic acids is 1. The molecule has 32 heavy (non-hydrogen) atoms. The molecule has 0 unspecified atom stereocenters. The van der Waals surface area contributed by atoms with E-state index < -0.39 is 0 Å². The Labute approximate surface area is 189 Å². The van der Waals surface area contributed by atoms with Crippen LogP contribution in [-0.2, 0) is 0 Å². The van der Waals surface area contributed by atoms with Crippen LogP contribution in [0, 0.1) is 0 Å². The Balaban J connectivity index is 1.83. The number of hydrogen-bond donors (Lipinski definition) is 0. The summed E-state index contributed by atoms with van der Waals surface area (Å²) in [4.78, 5) is 14.9. The van der Waals surface area contributed by atoms with Crippen LogP contribution in [0.15, 0.2) is 36.4 Å². The van der Waals surface area contributed by atoms with Crippen LogP contribution in [0.3, 0.4) is 0 Å². The summed E-state index contributed by atoms with van der Waals surface area (Å²) >= 11 is 0. The average Bonchev–Trinajstić information content (AvgIpc) is 2.84. The maximum absolute atomic E-state index is 13.1. The van der Waals surface area contributed by atoms with Gasteiger partial charge in [0.1, 0.15) is 17.2 Å². The molecule has 0 N–H and O–H groups in total. The minimum Gasteiger partial charge on any atom is -0.496 e. The van der Waals surface area contributed by atoms with Gasteiger partial charge in [0.2, 0.25) is 0 Å². The van der Waals surface area contributed by atoms with Crippen LogP contribution < -0.4 is 23.7 Å². The molecule has 0 saturated heterocycles. The van der Waals surface area contributed by atoms with Gasteiger partial charge in [-0.2, -0.15) is 0 Å². The smallest absolute Gasteiger partial charge is 0.254 e. The average molecular weight is 442 g/mol. The van der Waals surface area contributed by atoms with Crippen LogP contribution in [-0.4, -0.2) is 58.4 Å². The molecule has 3 rings (SSSR count). The fourth-order valence-electron chi connectivity index (χ4n) is 3.77. The third kappa shape index (κ3) is 4.93. The van der Waals surface area contributed by atoms with E-state index in [2.05, 4.69) is 0 Å². The number of benzene rings is 2. The van der Waals surface area contributed by atoms with E-state index in [1.807, 2.05) is 37.0 Å². The van der Waals surface area contributed by atoms with E-state index >= 15 is 0 Å². The molecular weight excluding hydrogens is 410 g/mol. The predicted molar refractivity (Wildman–Crippen MR) is 123 cm³/mol. The summed E-state index contributed by atoms with van der Waals surface area (Å²) in [6, 6.07) is 9.01. The highest BCUT2D eigenvalue weighted by Crippen LogP contribution is 2.41. The molecule has 0 bridgehead atoms. The molecule has 0 spiro atoms. The van der Waals surface area contributed by atoms with Gasteiger partial charge >= 0.3 is 0 Å². The zero-order valence-electron chi connectivity index (χ0n) is 19.4. The van der Waals surface area contributed by atoms with E-state index in [0.29, 0.717) is 67.0 Å². The molecular formula is C25H31NO6. The van der Waals surface area contributed by atoms with Crippen LogP contribution in [0.5, 0.6) is 28.7 Å². The number of nitrogens with zero attached hydrogens (tertiary/aromatic N) is 1. The first kappa shape index (κ1) is 23.3. The Bertz CT molecular complexity index is 959. The molecule has 0 atom stereocenters. The SMILES string of the molecule is CCOc1ccc(C(=O)N2CC=C(c3c(OC)cc(OC)cc3OC)CC2)cc1OCC. The molecule has 2 aromatic carbocycles. The largest absolute Gasteiger partial charge is 0.496 e. The highest BCUT2D eigenvalue weighted by Gasteiger charge is 2.24. The summed E-state index contributed by atoms with van der Waals surface area (Å²) in [5.41, 5.74) is 2.54. The molecule has 1 aliphatic rings. The maximum Gasteiger partial charge on any atom is 0.254 e. The molecule has 1 amide bonds. The number of hydrogen-bond acceptors (Lipinski definition) is 6. The molecule has 7 heteroatoms. The lowest BCUT2D eigenvalue weighted by atomic mass is 9.96. The van der Waals surface area contributed by atoms with E-state index in [0.717, 1.165) is 11.1 Å². The second-order valence-electron chi connectivity index (χ2n) is 7.16. The van der Waals surface area contributed by atoms with E-state index in [1.54, 1.807) is 39.5 Å². The number of methoxy groups -OCH3 is 3. The van der Waals surface area contributed by atoms with Crippen molar-refractivity contribution in [2.45, 2.75) is 20.3 Å². The standard InChI is InChI=1S/C25H31NO6/c1-6-31-20-9-8-18(14-21(20)32-7-2)25(27)26-12-10-17(11-13-26)24-22(29-4)15-19(28-3)16-23(24)30-5/h8-10,14-16H,6-7,11-13H2,1-5H3. The van der Waals surface area contributed by atoms with Crippen LogP contribution in [0.25, 0.3) is 5.57 Å². The lowest BCUT2D eigenvalue weighted by molar-refractivity contribution is 0.0772. The summed E-state index contributed by atoms with van der Waals surface area (Å²) in [5.74, 6) is 3.21. The van der Waals surface area contributed by atoms with Crippen molar-refractivity contribution in [2.24, 2.45) is 0 Å². The van der Waals surface area contributed by atoms with Crippen LogP contribution in [0.1, 0.15) is 36.2 Å². The van der Waals surface area contributed by atoms with Crippen LogP contribution >= 0.6 is 0 Å². The van der Waals surface area contributed by atoms with Crippen LogP contribution in [0.2, 0.25) is 0 Å². The van der Waals surface area contributed by atoms with Crippen molar-refractivity contribution in [1.29, 1.82) is 0 Å². The van der Waals surface area contributed by atoms with Crippen molar-refractivity contribution in [3.8, 4) is 28.7 Å². The number of ether oxygens (including phenoxy) is 5. The summed E-state index contributed by atoms with van der Waals surface area (Å²) < 4.78 is 27.8. The second-order valence-corrected chi connectivity index (χ2v) is 7.16. The van der Waals surface area contributed by atoms with Crippen molar-refractivity contribution in [2.75, 3.05) is 47.6 Å². The maximum atomic E-state index is 13.1. The fraction of sp³-hybridized carbons (Fsp3) is 0.400. The van der Waals surface area contributed by atoms with Gasteiger partial charge in [-0.15, -0.1) is 0 Å². The topological polar surface area (TPSA) is 66.5 Å². The highest BCUT2D eigenvalue weighted by molar-refractivity contribution is 5.95. The summed E-state index contributed by atoms with van der Waals surface area (Å²) in [6.45, 7) is 5.93. The lowest BCUT2D eigenvalue weighted by Crippen LogP contribution is -2.34. The van der Waals surface area contributed by atoms with Crippen molar-refractivity contribution >= 4 is 11.5 Å². The van der Waals surface area contributed by atoms with Gasteiger partial charge in [-0.05, 0) is 44.0 Å². The summed E-state index contributed by atoms with van der Waals surface area (Å²) in [5, 5.41) is 0. The first-order chi connectivity index (χ1) is 15.6. The first-order valence-electron chi connectivity index (χ1n) is 10.7. The molecule has 1 heterocycles. The quantitative estimate of drug-likeness (QED) is 0.573. The lowest BCUT2D eigenvalue weighted by Gasteiger charge is -2.28. The van der Waals surface area contributed by atoms with Gasteiger partial charge < -0.3 is 28.6 Å². The van der Waals surface area contributed by atoms with Crippen molar-refractivity contribution in [1.82, 2.24) is 4.90 Å².